The van der Waals surface area contributed by atoms with Gasteiger partial charge in [-0.05, 0) is 26.0 Å². The van der Waals surface area contributed by atoms with Gasteiger partial charge in [0.15, 0.2) is 0 Å². The van der Waals surface area contributed by atoms with Crippen LogP contribution >= 0.6 is 7.52 Å². The summed E-state index contributed by atoms with van der Waals surface area (Å²) in [7, 11) is -2.79. The summed E-state index contributed by atoms with van der Waals surface area (Å²) in [5.74, 6) is 0. The third-order valence-electron chi connectivity index (χ3n) is 2.15. The van der Waals surface area contributed by atoms with Crippen LogP contribution in [0, 0.1) is 0 Å². The zero-order valence-electron chi connectivity index (χ0n) is 8.36. The van der Waals surface area contributed by atoms with Gasteiger partial charge in [0.2, 0.25) is 0 Å². The standard InChI is InChI=1S/C10H14NO2P/c1-10(2)8-13-14(12,11-10)9-6-4-3-5-7-9/h3-7H,8H2,1-2H3,(H,11,12)/t14-/m0/s1. The molecule has 0 aromatic heterocycles. The van der Waals surface area contributed by atoms with Crippen molar-refractivity contribution in [2.75, 3.05) is 6.61 Å². The Kier molecular flexibility index (Phi) is 2.26. The topological polar surface area (TPSA) is 38.3 Å². The van der Waals surface area contributed by atoms with Crippen molar-refractivity contribution in [2.24, 2.45) is 0 Å². The highest BCUT2D eigenvalue weighted by molar-refractivity contribution is 7.65. The van der Waals surface area contributed by atoms with Crippen LogP contribution in [-0.2, 0) is 9.09 Å². The molecule has 0 bridgehead atoms. The second kappa shape index (κ2) is 3.20. The zero-order valence-corrected chi connectivity index (χ0v) is 9.25. The van der Waals surface area contributed by atoms with Gasteiger partial charge in [0.05, 0.1) is 11.9 Å². The first kappa shape index (κ1) is 9.91. The maximum absolute atomic E-state index is 12.3. The SMILES string of the molecule is CC1(C)CO[P@@](=O)(c2ccccc2)N1. The molecule has 0 unspecified atom stereocenters. The molecule has 1 N–H and O–H groups in total. The monoisotopic (exact) mass is 211 g/mol. The summed E-state index contributed by atoms with van der Waals surface area (Å²) in [5.41, 5.74) is -0.203. The summed E-state index contributed by atoms with van der Waals surface area (Å²) in [6.07, 6.45) is 0. The molecule has 1 saturated heterocycles. The van der Waals surface area contributed by atoms with Crippen molar-refractivity contribution in [1.29, 1.82) is 0 Å². The van der Waals surface area contributed by atoms with Crippen molar-refractivity contribution in [3.63, 3.8) is 0 Å². The summed E-state index contributed by atoms with van der Waals surface area (Å²) in [6.45, 7) is 4.45. The molecule has 0 amide bonds. The van der Waals surface area contributed by atoms with E-state index < -0.39 is 7.52 Å². The smallest absolute Gasteiger partial charge is 0.300 e. The van der Waals surface area contributed by atoms with Crippen LogP contribution in [0.1, 0.15) is 13.8 Å². The highest BCUT2D eigenvalue weighted by atomic mass is 31.2. The number of benzene rings is 1. The minimum atomic E-state index is -2.79. The molecule has 14 heavy (non-hydrogen) atoms. The average molecular weight is 211 g/mol. The van der Waals surface area contributed by atoms with Crippen molar-refractivity contribution in [1.82, 2.24) is 5.09 Å². The maximum atomic E-state index is 12.3. The Morgan fingerprint density at radius 1 is 1.36 bits per heavy atom. The van der Waals surface area contributed by atoms with Crippen molar-refractivity contribution in [2.45, 2.75) is 19.4 Å². The van der Waals surface area contributed by atoms with Crippen LogP contribution in [0.5, 0.6) is 0 Å². The largest absolute Gasteiger partial charge is 0.312 e. The third kappa shape index (κ3) is 1.76. The minimum Gasteiger partial charge on any atom is -0.312 e. The van der Waals surface area contributed by atoms with Crippen molar-refractivity contribution in [3.05, 3.63) is 30.3 Å². The Bertz CT molecular complexity index is 375. The van der Waals surface area contributed by atoms with E-state index in [0.29, 0.717) is 6.61 Å². The molecule has 4 heteroatoms. The van der Waals surface area contributed by atoms with Gasteiger partial charge < -0.3 is 4.52 Å². The third-order valence-corrected chi connectivity index (χ3v) is 4.52. The molecule has 0 radical (unpaired) electrons. The van der Waals surface area contributed by atoms with Crippen molar-refractivity contribution < 1.29 is 9.09 Å². The van der Waals surface area contributed by atoms with Crippen LogP contribution in [-0.4, -0.2) is 12.1 Å². The molecule has 1 fully saturated rings. The van der Waals surface area contributed by atoms with E-state index in [2.05, 4.69) is 5.09 Å². The summed E-state index contributed by atoms with van der Waals surface area (Å²) in [6, 6.07) is 9.29. The molecule has 0 saturated carbocycles. The van der Waals surface area contributed by atoms with Gasteiger partial charge in [0.1, 0.15) is 0 Å². The van der Waals surface area contributed by atoms with Crippen LogP contribution in [0.3, 0.4) is 0 Å². The fourth-order valence-corrected chi connectivity index (χ4v) is 3.75. The minimum absolute atomic E-state index is 0.203. The first-order valence-electron chi connectivity index (χ1n) is 4.62. The van der Waals surface area contributed by atoms with E-state index >= 15 is 0 Å². The fourth-order valence-electron chi connectivity index (χ4n) is 1.48. The first-order chi connectivity index (χ1) is 6.52. The summed E-state index contributed by atoms with van der Waals surface area (Å²) >= 11 is 0. The highest BCUT2D eigenvalue weighted by Crippen LogP contribution is 2.48. The van der Waals surface area contributed by atoms with E-state index in [4.69, 9.17) is 4.52 Å². The highest BCUT2D eigenvalue weighted by Gasteiger charge is 2.40. The molecular weight excluding hydrogens is 197 g/mol. The first-order valence-corrected chi connectivity index (χ1v) is 6.24. The van der Waals surface area contributed by atoms with Crippen LogP contribution < -0.4 is 10.4 Å². The van der Waals surface area contributed by atoms with Gasteiger partial charge in [-0.15, -0.1) is 0 Å². The molecule has 0 aliphatic carbocycles. The van der Waals surface area contributed by atoms with Gasteiger partial charge >= 0.3 is 0 Å². The molecule has 1 atom stereocenters. The quantitative estimate of drug-likeness (QED) is 0.721. The summed E-state index contributed by atoms with van der Waals surface area (Å²) < 4.78 is 17.7. The zero-order chi connectivity index (χ0) is 10.2. The lowest BCUT2D eigenvalue weighted by Gasteiger charge is -2.16. The van der Waals surface area contributed by atoms with E-state index in [9.17, 15) is 4.57 Å². The Morgan fingerprint density at radius 3 is 2.50 bits per heavy atom. The molecule has 1 aliphatic rings. The van der Waals surface area contributed by atoms with Crippen LogP contribution in [0.2, 0.25) is 0 Å². The van der Waals surface area contributed by atoms with Crippen LogP contribution in [0.25, 0.3) is 0 Å². The summed E-state index contributed by atoms with van der Waals surface area (Å²) in [5, 5.41) is 3.80. The van der Waals surface area contributed by atoms with Crippen molar-refractivity contribution in [3.8, 4) is 0 Å². The van der Waals surface area contributed by atoms with Gasteiger partial charge in [-0.2, -0.15) is 0 Å². The molecule has 76 valence electrons. The Morgan fingerprint density at radius 2 is 2.00 bits per heavy atom. The molecule has 1 aromatic rings. The lowest BCUT2D eigenvalue weighted by atomic mass is 10.1. The molecular formula is C10H14NO2P. The maximum Gasteiger partial charge on any atom is 0.300 e. The van der Waals surface area contributed by atoms with Gasteiger partial charge in [0.25, 0.3) is 7.52 Å². The molecule has 3 nitrogen and oxygen atoms in total. The molecule has 0 spiro atoms. The van der Waals surface area contributed by atoms with Gasteiger partial charge in [0, 0.05) is 5.54 Å². The van der Waals surface area contributed by atoms with E-state index in [1.54, 1.807) is 0 Å². The van der Waals surface area contributed by atoms with Gasteiger partial charge in [-0.1, -0.05) is 18.2 Å². The number of hydrogen-bond acceptors (Lipinski definition) is 2. The average Bonchev–Trinajstić information content (AvgIpc) is 2.44. The van der Waals surface area contributed by atoms with E-state index in [1.807, 2.05) is 44.2 Å². The number of nitrogens with one attached hydrogen (secondary N) is 1. The Labute approximate surface area is 84.0 Å². The Balaban J connectivity index is 2.33. The predicted molar refractivity (Wildman–Crippen MR) is 56.8 cm³/mol. The molecule has 1 aliphatic heterocycles. The second-order valence-electron chi connectivity index (χ2n) is 4.16. The second-order valence-corrected chi connectivity index (χ2v) is 6.26. The van der Waals surface area contributed by atoms with Crippen LogP contribution in [0.15, 0.2) is 30.3 Å². The summed E-state index contributed by atoms with van der Waals surface area (Å²) in [4.78, 5) is 0. The predicted octanol–water partition coefficient (Wildman–Crippen LogP) is 1.90. The molecule has 1 heterocycles. The van der Waals surface area contributed by atoms with E-state index in [-0.39, 0.29) is 5.54 Å². The number of rotatable bonds is 1. The van der Waals surface area contributed by atoms with E-state index in [0.717, 1.165) is 5.30 Å². The van der Waals surface area contributed by atoms with Crippen molar-refractivity contribution >= 4 is 12.8 Å². The van der Waals surface area contributed by atoms with Crippen LogP contribution in [0.4, 0.5) is 0 Å². The van der Waals surface area contributed by atoms with E-state index in [1.165, 1.54) is 0 Å². The Hall–Kier alpha value is -0.630. The normalized spacial score (nSPS) is 30.4. The lowest BCUT2D eigenvalue weighted by Crippen LogP contribution is -2.34. The van der Waals surface area contributed by atoms with Gasteiger partial charge in [-0.3, -0.25) is 4.57 Å². The molecule has 1 aromatic carbocycles. The van der Waals surface area contributed by atoms with Gasteiger partial charge in [-0.25, -0.2) is 5.09 Å². The number of hydrogen-bond donors (Lipinski definition) is 1. The molecule has 2 rings (SSSR count). The lowest BCUT2D eigenvalue weighted by molar-refractivity contribution is 0.297. The fraction of sp³-hybridized carbons (Fsp3) is 0.400.